The van der Waals surface area contributed by atoms with E-state index in [1.165, 1.54) is 36.7 Å². The van der Waals surface area contributed by atoms with Crippen molar-refractivity contribution in [3.63, 3.8) is 0 Å². The summed E-state index contributed by atoms with van der Waals surface area (Å²) in [5, 5.41) is 25.2. The Morgan fingerprint density at radius 2 is 1.03 bits per heavy atom. The van der Waals surface area contributed by atoms with Crippen LogP contribution in [0.25, 0.3) is 0 Å². The van der Waals surface area contributed by atoms with Gasteiger partial charge in [0.1, 0.15) is 0 Å². The normalized spacial score (nSPS) is 10.8. The van der Waals surface area contributed by atoms with Gasteiger partial charge in [-0.15, -0.1) is 0 Å². The number of hydrazone groups is 2. The Morgan fingerprint density at radius 1 is 0.677 bits per heavy atom. The maximum absolute atomic E-state index is 11.7. The van der Waals surface area contributed by atoms with Gasteiger partial charge in [0.25, 0.3) is 0 Å². The lowest BCUT2D eigenvalue weighted by Gasteiger charge is -2.01. The van der Waals surface area contributed by atoms with Crippen LogP contribution in [0.5, 0.6) is 0 Å². The molecular formula is C21H20N4O6. The number of amides is 2. The molecule has 0 fully saturated rings. The molecule has 4 N–H and O–H groups in total. The quantitative estimate of drug-likeness (QED) is 0.337. The highest BCUT2D eigenvalue weighted by Crippen LogP contribution is 2.03. The second kappa shape index (κ2) is 11.6. The van der Waals surface area contributed by atoms with E-state index < -0.39 is 11.9 Å². The van der Waals surface area contributed by atoms with Gasteiger partial charge in [-0.3, -0.25) is 9.59 Å². The molecule has 2 rings (SSSR count). The van der Waals surface area contributed by atoms with E-state index in [4.69, 9.17) is 10.2 Å². The van der Waals surface area contributed by atoms with Gasteiger partial charge in [0, 0.05) is 12.8 Å². The largest absolute Gasteiger partial charge is 0.478 e. The molecule has 31 heavy (non-hydrogen) atoms. The molecule has 0 aliphatic rings. The fraction of sp³-hybridized carbons (Fsp3) is 0.143. The van der Waals surface area contributed by atoms with E-state index in [0.717, 1.165) is 0 Å². The third-order valence-corrected chi connectivity index (χ3v) is 3.93. The lowest BCUT2D eigenvalue weighted by molar-refractivity contribution is -0.122. The minimum atomic E-state index is -1.03. The van der Waals surface area contributed by atoms with Crippen LogP contribution in [0.2, 0.25) is 0 Å². The van der Waals surface area contributed by atoms with Crippen molar-refractivity contribution in [2.75, 3.05) is 0 Å². The van der Waals surface area contributed by atoms with Crippen molar-refractivity contribution in [1.29, 1.82) is 0 Å². The standard InChI is InChI=1S/C21H20N4O6/c26-18(24-22-12-14-4-8-16(9-5-14)20(28)29)2-1-3-19(27)25-23-13-15-6-10-17(11-7-15)21(30)31/h4-13H,1-3H2,(H,24,26)(H,25,27)(H,28,29)(H,30,31). The first-order valence-corrected chi connectivity index (χ1v) is 9.15. The zero-order valence-electron chi connectivity index (χ0n) is 16.3. The number of carbonyl (C=O) groups excluding carboxylic acids is 2. The van der Waals surface area contributed by atoms with Crippen LogP contribution in [0.1, 0.15) is 51.1 Å². The third-order valence-electron chi connectivity index (χ3n) is 3.93. The Balaban J connectivity index is 1.65. The molecule has 2 amide bonds. The topological polar surface area (TPSA) is 158 Å². The van der Waals surface area contributed by atoms with Gasteiger partial charge in [0.05, 0.1) is 23.6 Å². The first-order chi connectivity index (χ1) is 14.8. The Kier molecular flexibility index (Phi) is 8.59. The van der Waals surface area contributed by atoms with E-state index in [-0.39, 0.29) is 35.8 Å². The van der Waals surface area contributed by atoms with Crippen molar-refractivity contribution in [1.82, 2.24) is 10.9 Å². The van der Waals surface area contributed by atoms with E-state index in [2.05, 4.69) is 21.1 Å². The summed E-state index contributed by atoms with van der Waals surface area (Å²) in [6.07, 6.45) is 3.23. The zero-order valence-corrected chi connectivity index (χ0v) is 16.3. The molecule has 0 aliphatic heterocycles. The minimum absolute atomic E-state index is 0.0864. The van der Waals surface area contributed by atoms with Gasteiger partial charge in [0.2, 0.25) is 11.8 Å². The summed E-state index contributed by atoms with van der Waals surface area (Å²) in [5.41, 5.74) is 6.22. The van der Waals surface area contributed by atoms with Crippen LogP contribution in [0, 0.1) is 0 Å². The van der Waals surface area contributed by atoms with E-state index in [9.17, 15) is 19.2 Å². The van der Waals surface area contributed by atoms with Gasteiger partial charge >= 0.3 is 11.9 Å². The van der Waals surface area contributed by atoms with Crippen molar-refractivity contribution < 1.29 is 29.4 Å². The molecule has 0 aliphatic carbocycles. The van der Waals surface area contributed by atoms with Crippen molar-refractivity contribution in [2.45, 2.75) is 19.3 Å². The summed E-state index contributed by atoms with van der Waals surface area (Å²) >= 11 is 0. The lowest BCUT2D eigenvalue weighted by atomic mass is 10.1. The number of aromatic carboxylic acids is 2. The molecule has 10 nitrogen and oxygen atoms in total. The van der Waals surface area contributed by atoms with Gasteiger partial charge in [-0.25, -0.2) is 20.4 Å². The number of carboxylic acids is 2. The van der Waals surface area contributed by atoms with Crippen molar-refractivity contribution >= 4 is 36.2 Å². The number of carbonyl (C=O) groups is 4. The van der Waals surface area contributed by atoms with Crippen LogP contribution >= 0.6 is 0 Å². The molecule has 0 aromatic heterocycles. The number of carboxylic acid groups (broad SMARTS) is 2. The summed E-state index contributed by atoms with van der Waals surface area (Å²) in [5.74, 6) is -2.79. The first kappa shape index (κ1) is 22.9. The Morgan fingerprint density at radius 3 is 1.35 bits per heavy atom. The smallest absolute Gasteiger partial charge is 0.335 e. The zero-order chi connectivity index (χ0) is 22.6. The number of hydrogen-bond donors (Lipinski definition) is 4. The van der Waals surface area contributed by atoms with E-state index in [0.29, 0.717) is 17.5 Å². The second-order valence-corrected chi connectivity index (χ2v) is 6.29. The predicted molar refractivity (Wildman–Crippen MR) is 112 cm³/mol. The van der Waals surface area contributed by atoms with E-state index in [1.54, 1.807) is 24.3 Å². The fourth-order valence-electron chi connectivity index (χ4n) is 2.30. The Bertz CT molecular complexity index is 916. The van der Waals surface area contributed by atoms with Crippen LogP contribution in [0.3, 0.4) is 0 Å². The number of nitrogens with one attached hydrogen (secondary N) is 2. The molecule has 0 saturated heterocycles. The fourth-order valence-corrected chi connectivity index (χ4v) is 2.30. The molecule has 0 saturated carbocycles. The SMILES string of the molecule is O=C(CCCC(=O)NN=Cc1ccc(C(=O)O)cc1)NN=Cc1ccc(C(=O)O)cc1. The van der Waals surface area contributed by atoms with Gasteiger partial charge in [0.15, 0.2) is 0 Å². The highest BCUT2D eigenvalue weighted by Gasteiger charge is 2.05. The van der Waals surface area contributed by atoms with Crippen LogP contribution < -0.4 is 10.9 Å². The molecule has 0 radical (unpaired) electrons. The summed E-state index contributed by atoms with van der Waals surface area (Å²) in [4.78, 5) is 45.0. The number of hydrogen-bond acceptors (Lipinski definition) is 6. The molecule has 0 heterocycles. The van der Waals surface area contributed by atoms with Gasteiger partial charge < -0.3 is 10.2 Å². The average Bonchev–Trinajstić information content (AvgIpc) is 2.74. The maximum atomic E-state index is 11.7. The Labute approximate surface area is 177 Å². The summed E-state index contributed by atoms with van der Waals surface area (Å²) < 4.78 is 0. The van der Waals surface area contributed by atoms with Crippen molar-refractivity contribution in [2.24, 2.45) is 10.2 Å². The molecule has 2 aromatic carbocycles. The van der Waals surface area contributed by atoms with Gasteiger partial charge in [-0.2, -0.15) is 10.2 Å². The molecule has 10 heteroatoms. The molecule has 0 atom stereocenters. The highest BCUT2D eigenvalue weighted by atomic mass is 16.4. The second-order valence-electron chi connectivity index (χ2n) is 6.29. The minimum Gasteiger partial charge on any atom is -0.478 e. The number of nitrogens with zero attached hydrogens (tertiary/aromatic N) is 2. The summed E-state index contributed by atoms with van der Waals surface area (Å²) in [7, 11) is 0. The third kappa shape index (κ3) is 8.28. The molecule has 0 bridgehead atoms. The van der Waals surface area contributed by atoms with Crippen LogP contribution in [-0.2, 0) is 9.59 Å². The van der Waals surface area contributed by atoms with E-state index in [1.807, 2.05) is 0 Å². The van der Waals surface area contributed by atoms with Gasteiger partial charge in [-0.05, 0) is 41.8 Å². The van der Waals surface area contributed by atoms with Crippen LogP contribution in [0.15, 0.2) is 58.7 Å². The molecule has 0 spiro atoms. The molecule has 2 aromatic rings. The monoisotopic (exact) mass is 424 g/mol. The molecular weight excluding hydrogens is 404 g/mol. The van der Waals surface area contributed by atoms with Crippen LogP contribution in [-0.4, -0.2) is 46.4 Å². The summed E-state index contributed by atoms with van der Waals surface area (Å²) in [6.45, 7) is 0. The average molecular weight is 424 g/mol. The molecule has 160 valence electrons. The van der Waals surface area contributed by atoms with Gasteiger partial charge in [-0.1, -0.05) is 24.3 Å². The summed E-state index contributed by atoms with van der Waals surface area (Å²) in [6, 6.07) is 12.0. The number of benzene rings is 2. The van der Waals surface area contributed by atoms with Crippen LogP contribution in [0.4, 0.5) is 0 Å². The Hall–Kier alpha value is -4.34. The maximum Gasteiger partial charge on any atom is 0.335 e. The van der Waals surface area contributed by atoms with E-state index >= 15 is 0 Å². The van der Waals surface area contributed by atoms with Crippen molar-refractivity contribution in [3.8, 4) is 0 Å². The highest BCUT2D eigenvalue weighted by molar-refractivity contribution is 5.90. The molecule has 0 unspecified atom stereocenters. The number of rotatable bonds is 10. The first-order valence-electron chi connectivity index (χ1n) is 9.15. The predicted octanol–water partition coefficient (Wildman–Crippen LogP) is 1.85. The lowest BCUT2D eigenvalue weighted by Crippen LogP contribution is -2.20. The van der Waals surface area contributed by atoms with Crippen molar-refractivity contribution in [3.05, 3.63) is 70.8 Å².